The third kappa shape index (κ3) is 4.36. The summed E-state index contributed by atoms with van der Waals surface area (Å²) in [4.78, 5) is 0. The van der Waals surface area contributed by atoms with E-state index in [9.17, 15) is 0 Å². The Morgan fingerprint density at radius 3 is 2.95 bits per heavy atom. The standard InChI is InChI=1S/C14H17BrN2O2/c1-2-7-18-14-4-3-12(15)8-11(14)9-16-10-13-5-6-17-19-13/h3-6,8,16H,2,7,9-10H2,1H3. The van der Waals surface area contributed by atoms with Crippen LogP contribution in [0, 0.1) is 0 Å². The average molecular weight is 325 g/mol. The number of hydrogen-bond donors (Lipinski definition) is 1. The first-order chi connectivity index (χ1) is 9.29. The fraction of sp³-hybridized carbons (Fsp3) is 0.357. The van der Waals surface area contributed by atoms with Crippen LogP contribution in [0.4, 0.5) is 0 Å². The summed E-state index contributed by atoms with van der Waals surface area (Å²) in [7, 11) is 0. The van der Waals surface area contributed by atoms with Crippen LogP contribution in [0.25, 0.3) is 0 Å². The Labute approximate surface area is 121 Å². The van der Waals surface area contributed by atoms with Crippen LogP contribution < -0.4 is 10.1 Å². The molecule has 0 fully saturated rings. The number of aromatic nitrogens is 1. The molecule has 1 N–H and O–H groups in total. The Bertz CT molecular complexity index is 500. The Hall–Kier alpha value is -1.33. The molecule has 0 spiro atoms. The molecule has 0 aliphatic rings. The molecule has 19 heavy (non-hydrogen) atoms. The Balaban J connectivity index is 1.95. The SMILES string of the molecule is CCCOc1ccc(Br)cc1CNCc1ccno1. The Morgan fingerprint density at radius 2 is 2.21 bits per heavy atom. The van der Waals surface area contributed by atoms with E-state index in [1.807, 2.05) is 18.2 Å². The molecule has 1 heterocycles. The molecule has 0 aliphatic carbocycles. The van der Waals surface area contributed by atoms with E-state index in [1.165, 1.54) is 0 Å². The highest BCUT2D eigenvalue weighted by molar-refractivity contribution is 9.10. The van der Waals surface area contributed by atoms with Gasteiger partial charge in [0.15, 0.2) is 0 Å². The summed E-state index contributed by atoms with van der Waals surface area (Å²) < 4.78 is 11.8. The van der Waals surface area contributed by atoms with Gasteiger partial charge in [-0.1, -0.05) is 28.0 Å². The van der Waals surface area contributed by atoms with Gasteiger partial charge >= 0.3 is 0 Å². The van der Waals surface area contributed by atoms with Gasteiger partial charge in [0.1, 0.15) is 11.5 Å². The van der Waals surface area contributed by atoms with Gasteiger partial charge in [-0.2, -0.15) is 0 Å². The molecule has 0 bridgehead atoms. The fourth-order valence-electron chi connectivity index (χ4n) is 1.69. The molecule has 0 saturated heterocycles. The predicted molar refractivity (Wildman–Crippen MR) is 77.0 cm³/mol. The highest BCUT2D eigenvalue weighted by Gasteiger charge is 2.05. The van der Waals surface area contributed by atoms with Crippen molar-refractivity contribution in [3.05, 3.63) is 46.3 Å². The molecular formula is C14H17BrN2O2. The smallest absolute Gasteiger partial charge is 0.150 e. The highest BCUT2D eigenvalue weighted by Crippen LogP contribution is 2.23. The maximum atomic E-state index is 5.73. The summed E-state index contributed by atoms with van der Waals surface area (Å²) >= 11 is 3.48. The number of hydrogen-bond acceptors (Lipinski definition) is 4. The summed E-state index contributed by atoms with van der Waals surface area (Å²) in [5.74, 6) is 1.75. The first-order valence-electron chi connectivity index (χ1n) is 6.31. The third-order valence-corrected chi connectivity index (χ3v) is 3.08. The van der Waals surface area contributed by atoms with Crippen LogP contribution >= 0.6 is 15.9 Å². The molecule has 0 atom stereocenters. The lowest BCUT2D eigenvalue weighted by Gasteiger charge is -2.11. The van der Waals surface area contributed by atoms with E-state index in [4.69, 9.17) is 9.26 Å². The van der Waals surface area contributed by atoms with Crippen molar-refractivity contribution in [2.24, 2.45) is 0 Å². The zero-order valence-electron chi connectivity index (χ0n) is 10.9. The molecule has 0 aliphatic heterocycles. The van der Waals surface area contributed by atoms with Gasteiger partial charge < -0.3 is 14.6 Å². The van der Waals surface area contributed by atoms with Crippen LogP contribution in [0.2, 0.25) is 0 Å². The van der Waals surface area contributed by atoms with Gasteiger partial charge in [-0.3, -0.25) is 0 Å². The van der Waals surface area contributed by atoms with E-state index < -0.39 is 0 Å². The summed E-state index contributed by atoms with van der Waals surface area (Å²) in [5, 5.41) is 6.99. The molecule has 0 saturated carbocycles. The van der Waals surface area contributed by atoms with Crippen LogP contribution in [-0.2, 0) is 13.1 Å². The molecule has 2 rings (SSSR count). The van der Waals surface area contributed by atoms with Gasteiger partial charge in [-0.25, -0.2) is 0 Å². The largest absolute Gasteiger partial charge is 0.493 e. The molecular weight excluding hydrogens is 308 g/mol. The van der Waals surface area contributed by atoms with E-state index in [1.54, 1.807) is 6.20 Å². The normalized spacial score (nSPS) is 10.6. The summed E-state index contributed by atoms with van der Waals surface area (Å²) in [5.41, 5.74) is 1.13. The number of halogens is 1. The highest BCUT2D eigenvalue weighted by atomic mass is 79.9. The van der Waals surface area contributed by atoms with E-state index in [-0.39, 0.29) is 0 Å². The molecule has 0 radical (unpaired) electrons. The van der Waals surface area contributed by atoms with E-state index >= 15 is 0 Å². The number of nitrogens with zero attached hydrogens (tertiary/aromatic N) is 1. The van der Waals surface area contributed by atoms with E-state index in [0.29, 0.717) is 6.54 Å². The first-order valence-corrected chi connectivity index (χ1v) is 7.10. The zero-order chi connectivity index (χ0) is 13.5. The van der Waals surface area contributed by atoms with Gasteiger partial charge in [-0.05, 0) is 24.6 Å². The van der Waals surface area contributed by atoms with Crippen LogP contribution in [0.5, 0.6) is 5.75 Å². The van der Waals surface area contributed by atoms with Crippen molar-refractivity contribution in [2.75, 3.05) is 6.61 Å². The summed E-state index contributed by atoms with van der Waals surface area (Å²) in [6.07, 6.45) is 2.65. The first kappa shape index (κ1) is 14.1. The van der Waals surface area contributed by atoms with Crippen molar-refractivity contribution < 1.29 is 9.26 Å². The predicted octanol–water partition coefficient (Wildman–Crippen LogP) is 3.52. The third-order valence-electron chi connectivity index (χ3n) is 2.59. The minimum atomic E-state index is 0.653. The maximum Gasteiger partial charge on any atom is 0.150 e. The molecule has 1 aromatic carbocycles. The Morgan fingerprint density at radius 1 is 1.32 bits per heavy atom. The second-order valence-electron chi connectivity index (χ2n) is 4.18. The average Bonchev–Trinajstić information content (AvgIpc) is 2.91. The number of ether oxygens (including phenoxy) is 1. The summed E-state index contributed by atoms with van der Waals surface area (Å²) in [6, 6.07) is 7.90. The van der Waals surface area contributed by atoms with Gasteiger partial charge in [-0.15, -0.1) is 0 Å². The molecule has 0 unspecified atom stereocenters. The van der Waals surface area contributed by atoms with Gasteiger partial charge in [0.2, 0.25) is 0 Å². The second kappa shape index (κ2) is 7.31. The maximum absolute atomic E-state index is 5.73. The molecule has 0 amide bonds. The van der Waals surface area contributed by atoms with Crippen LogP contribution in [0.1, 0.15) is 24.7 Å². The van der Waals surface area contributed by atoms with Gasteiger partial charge in [0.05, 0.1) is 19.3 Å². The minimum absolute atomic E-state index is 0.653. The molecule has 5 heteroatoms. The van der Waals surface area contributed by atoms with Crippen LogP contribution in [0.3, 0.4) is 0 Å². The lowest BCUT2D eigenvalue weighted by atomic mass is 10.2. The molecule has 102 valence electrons. The quantitative estimate of drug-likeness (QED) is 0.846. The second-order valence-corrected chi connectivity index (χ2v) is 5.10. The molecule has 4 nitrogen and oxygen atoms in total. The van der Waals surface area contributed by atoms with Crippen molar-refractivity contribution >= 4 is 15.9 Å². The number of rotatable bonds is 7. The fourth-order valence-corrected chi connectivity index (χ4v) is 2.10. The van der Waals surface area contributed by atoms with Crippen molar-refractivity contribution in [2.45, 2.75) is 26.4 Å². The van der Waals surface area contributed by atoms with Gasteiger partial charge in [0, 0.05) is 22.6 Å². The Kier molecular flexibility index (Phi) is 5.42. The lowest BCUT2D eigenvalue weighted by molar-refractivity contribution is 0.312. The van der Waals surface area contributed by atoms with E-state index in [2.05, 4.69) is 39.4 Å². The van der Waals surface area contributed by atoms with E-state index in [0.717, 1.165) is 41.1 Å². The minimum Gasteiger partial charge on any atom is -0.493 e. The lowest BCUT2D eigenvalue weighted by Crippen LogP contribution is -2.13. The molecule has 2 aromatic rings. The van der Waals surface area contributed by atoms with Crippen LogP contribution in [0.15, 0.2) is 39.5 Å². The number of nitrogens with one attached hydrogen (secondary N) is 1. The van der Waals surface area contributed by atoms with Crippen molar-refractivity contribution in [3.63, 3.8) is 0 Å². The molecule has 1 aromatic heterocycles. The zero-order valence-corrected chi connectivity index (χ0v) is 12.4. The van der Waals surface area contributed by atoms with Gasteiger partial charge in [0.25, 0.3) is 0 Å². The van der Waals surface area contributed by atoms with Crippen molar-refractivity contribution in [1.29, 1.82) is 0 Å². The van der Waals surface area contributed by atoms with Crippen molar-refractivity contribution in [1.82, 2.24) is 10.5 Å². The number of benzene rings is 1. The topological polar surface area (TPSA) is 47.3 Å². The van der Waals surface area contributed by atoms with Crippen LogP contribution in [-0.4, -0.2) is 11.8 Å². The monoisotopic (exact) mass is 324 g/mol. The summed E-state index contributed by atoms with van der Waals surface area (Å²) in [6.45, 7) is 4.20. The van der Waals surface area contributed by atoms with Crippen molar-refractivity contribution in [3.8, 4) is 5.75 Å².